The summed E-state index contributed by atoms with van der Waals surface area (Å²) in [6.07, 6.45) is 0. The maximum atomic E-state index is 12.7. The molecule has 0 saturated carbocycles. The van der Waals surface area contributed by atoms with Gasteiger partial charge in [-0.05, 0) is 12.1 Å². The number of hydrogen-bond donors (Lipinski definition) is 0. The van der Waals surface area contributed by atoms with Gasteiger partial charge in [0.1, 0.15) is 11.6 Å². The smallest absolute Gasteiger partial charge is 0.283 e. The molecule has 1 aromatic carbocycles. The third-order valence-corrected chi connectivity index (χ3v) is 1.78. The van der Waals surface area contributed by atoms with E-state index in [0.717, 1.165) is 5.06 Å². The van der Waals surface area contributed by atoms with Crippen LogP contribution in [0.1, 0.15) is 0 Å². The van der Waals surface area contributed by atoms with E-state index in [9.17, 15) is 9.18 Å². The van der Waals surface area contributed by atoms with Crippen LogP contribution in [0.4, 0.5) is 4.39 Å². The zero-order chi connectivity index (χ0) is 11.3. The number of likely N-dealkylation sites (N-methyl/N-ethyl adjacent to an activating group) is 1. The molecule has 4 nitrogen and oxygen atoms in total. The second-order valence-corrected chi connectivity index (χ2v) is 2.82. The second-order valence-electron chi connectivity index (χ2n) is 2.82. The Morgan fingerprint density at radius 2 is 2.27 bits per heavy atom. The lowest BCUT2D eigenvalue weighted by Crippen LogP contribution is -2.30. The average molecular weight is 213 g/mol. The van der Waals surface area contributed by atoms with Gasteiger partial charge in [-0.3, -0.25) is 9.63 Å². The van der Waals surface area contributed by atoms with Gasteiger partial charge in [0.2, 0.25) is 0 Å². The van der Waals surface area contributed by atoms with E-state index in [-0.39, 0.29) is 12.5 Å². The lowest BCUT2D eigenvalue weighted by atomic mass is 10.3. The molecule has 1 rings (SSSR count). The Morgan fingerprint density at radius 1 is 1.53 bits per heavy atom. The van der Waals surface area contributed by atoms with E-state index in [0.29, 0.717) is 5.75 Å². The van der Waals surface area contributed by atoms with Gasteiger partial charge in [-0.2, -0.15) is 0 Å². The summed E-state index contributed by atoms with van der Waals surface area (Å²) in [5, 5.41) is 1.04. The molecule has 0 N–H and O–H groups in total. The first-order valence-corrected chi connectivity index (χ1v) is 4.32. The van der Waals surface area contributed by atoms with Gasteiger partial charge in [-0.15, -0.1) is 0 Å². The molecule has 0 radical (unpaired) electrons. The van der Waals surface area contributed by atoms with Crippen molar-refractivity contribution < 1.29 is 18.8 Å². The Hall–Kier alpha value is -1.62. The Bertz CT molecular complexity index is 343. The fourth-order valence-corrected chi connectivity index (χ4v) is 0.895. The number of amides is 1. The molecular weight excluding hydrogens is 201 g/mol. The Kier molecular flexibility index (Phi) is 4.05. The number of hydroxylamine groups is 2. The predicted molar refractivity (Wildman–Crippen MR) is 51.7 cm³/mol. The molecule has 1 aromatic rings. The standard InChI is InChI=1S/C10H12FNO3/c1-12(14-2)10(13)7-15-9-5-3-4-8(11)6-9/h3-6H,7H2,1-2H3. The van der Waals surface area contributed by atoms with E-state index < -0.39 is 5.82 Å². The molecule has 0 aliphatic carbocycles. The average Bonchev–Trinajstić information content (AvgIpc) is 2.25. The topological polar surface area (TPSA) is 38.8 Å². The van der Waals surface area contributed by atoms with Crippen LogP contribution in [0.3, 0.4) is 0 Å². The highest BCUT2D eigenvalue weighted by atomic mass is 19.1. The molecule has 0 unspecified atom stereocenters. The van der Waals surface area contributed by atoms with Gasteiger partial charge in [0.15, 0.2) is 6.61 Å². The number of nitrogens with zero attached hydrogens (tertiary/aromatic N) is 1. The van der Waals surface area contributed by atoms with E-state index in [2.05, 4.69) is 4.84 Å². The first kappa shape index (κ1) is 11.5. The zero-order valence-corrected chi connectivity index (χ0v) is 8.57. The van der Waals surface area contributed by atoms with Crippen LogP contribution >= 0.6 is 0 Å². The summed E-state index contributed by atoms with van der Waals surface area (Å²) in [5.41, 5.74) is 0. The van der Waals surface area contributed by atoms with Crippen molar-refractivity contribution in [1.29, 1.82) is 0 Å². The van der Waals surface area contributed by atoms with Crippen molar-refractivity contribution in [2.24, 2.45) is 0 Å². The molecule has 0 heterocycles. The minimum atomic E-state index is -0.403. The van der Waals surface area contributed by atoms with Crippen LogP contribution in [0.5, 0.6) is 5.75 Å². The van der Waals surface area contributed by atoms with E-state index >= 15 is 0 Å². The molecule has 0 bridgehead atoms. The maximum Gasteiger partial charge on any atom is 0.283 e. The molecule has 0 spiro atoms. The predicted octanol–water partition coefficient (Wildman–Crippen LogP) is 1.22. The summed E-state index contributed by atoms with van der Waals surface area (Å²) in [5.74, 6) is -0.436. The highest BCUT2D eigenvalue weighted by Gasteiger charge is 2.08. The van der Waals surface area contributed by atoms with E-state index in [1.165, 1.54) is 32.4 Å². The van der Waals surface area contributed by atoms with Crippen molar-refractivity contribution >= 4 is 5.91 Å². The molecule has 15 heavy (non-hydrogen) atoms. The quantitative estimate of drug-likeness (QED) is 0.706. The number of carbonyl (C=O) groups excluding carboxylic acids is 1. The Labute approximate surface area is 87.2 Å². The monoisotopic (exact) mass is 213 g/mol. The number of rotatable bonds is 4. The van der Waals surface area contributed by atoms with Crippen molar-refractivity contribution in [2.45, 2.75) is 0 Å². The molecule has 82 valence electrons. The maximum absolute atomic E-state index is 12.7. The Balaban J connectivity index is 2.47. The lowest BCUT2D eigenvalue weighted by molar-refractivity contribution is -0.170. The summed E-state index contributed by atoms with van der Waals surface area (Å²) in [4.78, 5) is 15.9. The summed E-state index contributed by atoms with van der Waals surface area (Å²) < 4.78 is 17.8. The fourth-order valence-electron chi connectivity index (χ4n) is 0.895. The van der Waals surface area contributed by atoms with Gasteiger partial charge >= 0.3 is 0 Å². The molecule has 0 aliphatic rings. The SMILES string of the molecule is CON(C)C(=O)COc1cccc(F)c1. The van der Waals surface area contributed by atoms with Crippen molar-refractivity contribution in [2.75, 3.05) is 20.8 Å². The summed E-state index contributed by atoms with van der Waals surface area (Å²) in [6.45, 7) is -0.187. The molecule has 0 aliphatic heterocycles. The summed E-state index contributed by atoms with van der Waals surface area (Å²) >= 11 is 0. The summed E-state index contributed by atoms with van der Waals surface area (Å²) in [7, 11) is 2.84. The van der Waals surface area contributed by atoms with Crippen LogP contribution in [0.2, 0.25) is 0 Å². The van der Waals surface area contributed by atoms with Gasteiger partial charge < -0.3 is 4.74 Å². The van der Waals surface area contributed by atoms with E-state index in [1.54, 1.807) is 6.07 Å². The van der Waals surface area contributed by atoms with Crippen LogP contribution in [0.25, 0.3) is 0 Å². The molecule has 0 aromatic heterocycles. The summed E-state index contributed by atoms with van der Waals surface area (Å²) in [6, 6.07) is 5.59. The minimum absolute atomic E-state index is 0.187. The second kappa shape index (κ2) is 5.31. The third kappa shape index (κ3) is 3.55. The van der Waals surface area contributed by atoms with Crippen molar-refractivity contribution in [3.8, 4) is 5.75 Å². The zero-order valence-electron chi connectivity index (χ0n) is 8.57. The van der Waals surface area contributed by atoms with Gasteiger partial charge in [0.05, 0.1) is 7.11 Å². The lowest BCUT2D eigenvalue weighted by Gasteiger charge is -2.13. The molecule has 0 saturated heterocycles. The van der Waals surface area contributed by atoms with Crippen LogP contribution in [0.15, 0.2) is 24.3 Å². The molecular formula is C10H12FNO3. The van der Waals surface area contributed by atoms with Gasteiger partial charge in [0.25, 0.3) is 5.91 Å². The molecule has 0 atom stereocenters. The number of ether oxygens (including phenoxy) is 1. The van der Waals surface area contributed by atoms with Crippen molar-refractivity contribution in [3.05, 3.63) is 30.1 Å². The highest BCUT2D eigenvalue weighted by Crippen LogP contribution is 2.11. The number of hydrogen-bond acceptors (Lipinski definition) is 3. The van der Waals surface area contributed by atoms with Crippen LogP contribution < -0.4 is 4.74 Å². The minimum Gasteiger partial charge on any atom is -0.484 e. The third-order valence-electron chi connectivity index (χ3n) is 1.78. The van der Waals surface area contributed by atoms with Gasteiger partial charge in [0, 0.05) is 13.1 Å². The van der Waals surface area contributed by atoms with Crippen molar-refractivity contribution in [3.63, 3.8) is 0 Å². The largest absolute Gasteiger partial charge is 0.484 e. The Morgan fingerprint density at radius 3 is 2.87 bits per heavy atom. The van der Waals surface area contributed by atoms with E-state index in [4.69, 9.17) is 4.74 Å². The number of halogens is 1. The van der Waals surface area contributed by atoms with Crippen LogP contribution in [-0.4, -0.2) is 31.7 Å². The van der Waals surface area contributed by atoms with Crippen LogP contribution in [-0.2, 0) is 9.63 Å². The van der Waals surface area contributed by atoms with Crippen molar-refractivity contribution in [1.82, 2.24) is 5.06 Å². The van der Waals surface area contributed by atoms with Crippen LogP contribution in [0, 0.1) is 5.82 Å². The van der Waals surface area contributed by atoms with Gasteiger partial charge in [-0.1, -0.05) is 6.07 Å². The molecule has 0 fully saturated rings. The van der Waals surface area contributed by atoms with Gasteiger partial charge in [-0.25, -0.2) is 9.45 Å². The normalized spacial score (nSPS) is 9.80. The highest BCUT2D eigenvalue weighted by molar-refractivity contribution is 5.76. The first-order chi connectivity index (χ1) is 7.13. The first-order valence-electron chi connectivity index (χ1n) is 4.32. The number of carbonyl (C=O) groups is 1. The van der Waals surface area contributed by atoms with E-state index in [1.807, 2.05) is 0 Å². The molecule has 5 heteroatoms. The number of benzene rings is 1. The fraction of sp³-hybridized carbons (Fsp3) is 0.300. The molecule has 1 amide bonds.